The molecule has 2 saturated carbocycles. The first-order valence-corrected chi connectivity index (χ1v) is 7.53. The third kappa shape index (κ3) is 1.95. The van der Waals surface area contributed by atoms with Crippen molar-refractivity contribution in [3.8, 4) is 0 Å². The molecule has 2 fully saturated rings. The number of nitro benzene ring substituents is 1. The molecule has 22 heavy (non-hydrogen) atoms. The largest absolute Gasteiger partial charge is 0.325 e. The van der Waals surface area contributed by atoms with Gasteiger partial charge in [0.05, 0.1) is 10.3 Å². The molecule has 5 nitrogen and oxygen atoms in total. The molecule has 0 heterocycles. The average Bonchev–Trinajstić information content (AvgIpc) is 2.99. The summed E-state index contributed by atoms with van der Waals surface area (Å²) in [4.78, 5) is 23.2. The van der Waals surface area contributed by atoms with Crippen molar-refractivity contribution < 1.29 is 9.72 Å². The van der Waals surface area contributed by atoms with Crippen molar-refractivity contribution in [2.75, 3.05) is 5.32 Å². The summed E-state index contributed by atoms with van der Waals surface area (Å²) in [5.74, 6) is 0.418. The van der Waals surface area contributed by atoms with Gasteiger partial charge in [0.25, 0.3) is 5.69 Å². The number of nitrogens with zero attached hydrogens (tertiary/aromatic N) is 1. The lowest BCUT2D eigenvalue weighted by Crippen LogP contribution is -2.37. The van der Waals surface area contributed by atoms with Crippen molar-refractivity contribution in [3.05, 3.63) is 46.5 Å². The van der Waals surface area contributed by atoms with Crippen molar-refractivity contribution in [2.45, 2.75) is 33.1 Å². The summed E-state index contributed by atoms with van der Waals surface area (Å²) in [5, 5.41) is 13.7. The van der Waals surface area contributed by atoms with Gasteiger partial charge in [-0.3, -0.25) is 14.9 Å². The van der Waals surface area contributed by atoms with Crippen LogP contribution in [0.5, 0.6) is 0 Å². The second kappa shape index (κ2) is 4.66. The van der Waals surface area contributed by atoms with E-state index in [9.17, 15) is 14.9 Å². The van der Waals surface area contributed by atoms with E-state index >= 15 is 0 Å². The van der Waals surface area contributed by atoms with Crippen LogP contribution in [-0.2, 0) is 4.79 Å². The number of carbonyl (C=O) groups is 1. The van der Waals surface area contributed by atoms with E-state index in [1.165, 1.54) is 12.1 Å². The lowest BCUT2D eigenvalue weighted by atomic mass is 9.68. The van der Waals surface area contributed by atoms with Crippen LogP contribution in [0.3, 0.4) is 0 Å². The molecular formula is C17H20N2O3. The van der Waals surface area contributed by atoms with Gasteiger partial charge in [-0.05, 0) is 36.7 Å². The molecule has 1 aromatic rings. The highest BCUT2D eigenvalue weighted by molar-refractivity contribution is 5.98. The summed E-state index contributed by atoms with van der Waals surface area (Å²) in [5.41, 5.74) is 0.913. The Labute approximate surface area is 129 Å². The van der Waals surface area contributed by atoms with Crippen LogP contribution in [0.25, 0.3) is 0 Å². The van der Waals surface area contributed by atoms with Crippen molar-refractivity contribution in [1.82, 2.24) is 0 Å². The zero-order valence-corrected chi connectivity index (χ0v) is 12.9. The van der Waals surface area contributed by atoms with Crippen LogP contribution >= 0.6 is 0 Å². The summed E-state index contributed by atoms with van der Waals surface area (Å²) < 4.78 is 0. The van der Waals surface area contributed by atoms with Gasteiger partial charge >= 0.3 is 0 Å². The van der Waals surface area contributed by atoms with E-state index in [1.54, 1.807) is 12.1 Å². The Morgan fingerprint density at radius 3 is 2.77 bits per heavy atom. The normalized spacial score (nSPS) is 28.6. The standard InChI is InChI=1S/C17H20N2O3/c1-11-16(2,3)12-7-8-17(11,10-12)15(20)18-13-5-4-6-14(9-13)19(21)22/h4-6,9,12H,1,7-8,10H2,2-3H3,(H,18,20)/t12-,17-/m0/s1. The van der Waals surface area contributed by atoms with Gasteiger partial charge in [-0.1, -0.05) is 32.1 Å². The maximum Gasteiger partial charge on any atom is 0.271 e. The lowest BCUT2D eigenvalue weighted by Gasteiger charge is -2.37. The van der Waals surface area contributed by atoms with Crippen molar-refractivity contribution in [1.29, 1.82) is 0 Å². The fourth-order valence-corrected chi connectivity index (χ4v) is 4.09. The second-order valence-electron chi connectivity index (χ2n) is 6.98. The van der Waals surface area contributed by atoms with E-state index in [2.05, 4.69) is 25.7 Å². The Balaban J connectivity index is 1.85. The number of nitrogens with one attached hydrogen (secondary N) is 1. The number of non-ortho nitro benzene ring substituents is 1. The van der Waals surface area contributed by atoms with Gasteiger partial charge in [-0.15, -0.1) is 0 Å². The summed E-state index contributed by atoms with van der Waals surface area (Å²) >= 11 is 0. The van der Waals surface area contributed by atoms with Gasteiger partial charge in [0.1, 0.15) is 0 Å². The number of amides is 1. The molecule has 0 aliphatic heterocycles. The molecule has 0 spiro atoms. The number of fused-ring (bicyclic) bond motifs is 2. The molecule has 116 valence electrons. The molecule has 0 aromatic heterocycles. The zero-order chi connectivity index (χ0) is 16.1. The Hall–Kier alpha value is -2.17. The number of carbonyl (C=O) groups excluding carboxylic acids is 1. The fraction of sp³-hybridized carbons (Fsp3) is 0.471. The van der Waals surface area contributed by atoms with Crippen LogP contribution in [0.15, 0.2) is 36.4 Å². The molecule has 5 heteroatoms. The van der Waals surface area contributed by atoms with E-state index in [4.69, 9.17) is 0 Å². The molecule has 1 N–H and O–H groups in total. The van der Waals surface area contributed by atoms with Crippen LogP contribution in [-0.4, -0.2) is 10.8 Å². The molecule has 2 bridgehead atoms. The molecule has 2 atom stereocenters. The molecule has 3 rings (SSSR count). The maximum atomic E-state index is 12.8. The minimum Gasteiger partial charge on any atom is -0.325 e. The maximum absolute atomic E-state index is 12.8. The van der Waals surface area contributed by atoms with E-state index in [0.717, 1.165) is 24.8 Å². The van der Waals surface area contributed by atoms with Crippen LogP contribution in [0.2, 0.25) is 0 Å². The SMILES string of the molecule is C=C1C(C)(C)[C@H]2CC[C@]1(C(=O)Nc1cccc([N+](=O)[O-])c1)C2. The first-order chi connectivity index (χ1) is 10.3. The topological polar surface area (TPSA) is 72.2 Å². The zero-order valence-electron chi connectivity index (χ0n) is 12.9. The predicted molar refractivity (Wildman–Crippen MR) is 84.4 cm³/mol. The fourth-order valence-electron chi connectivity index (χ4n) is 4.09. The molecule has 1 aromatic carbocycles. The predicted octanol–water partition coefficient (Wildman–Crippen LogP) is 3.92. The van der Waals surface area contributed by atoms with Gasteiger partial charge in [-0.25, -0.2) is 0 Å². The molecule has 2 aliphatic carbocycles. The number of rotatable bonds is 3. The molecule has 0 saturated heterocycles. The number of anilines is 1. The number of benzene rings is 1. The van der Waals surface area contributed by atoms with Gasteiger partial charge < -0.3 is 5.32 Å². The van der Waals surface area contributed by atoms with Crippen molar-refractivity contribution >= 4 is 17.3 Å². The van der Waals surface area contributed by atoms with E-state index in [-0.39, 0.29) is 17.0 Å². The Kier molecular flexibility index (Phi) is 3.13. The van der Waals surface area contributed by atoms with Gasteiger partial charge in [0.15, 0.2) is 0 Å². The molecule has 0 unspecified atom stereocenters. The van der Waals surface area contributed by atoms with E-state index in [1.807, 2.05) is 0 Å². The Morgan fingerprint density at radius 2 is 2.18 bits per heavy atom. The lowest BCUT2D eigenvalue weighted by molar-refractivity contribution is -0.384. The summed E-state index contributed by atoms with van der Waals surface area (Å²) in [7, 11) is 0. The average molecular weight is 300 g/mol. The first-order valence-electron chi connectivity index (χ1n) is 7.53. The van der Waals surface area contributed by atoms with Crippen LogP contribution < -0.4 is 5.32 Å². The second-order valence-corrected chi connectivity index (χ2v) is 6.98. The van der Waals surface area contributed by atoms with Gasteiger partial charge in [0.2, 0.25) is 5.91 Å². The summed E-state index contributed by atoms with van der Waals surface area (Å²) in [6.07, 6.45) is 2.69. The highest BCUT2D eigenvalue weighted by Crippen LogP contribution is 2.65. The molecule has 2 aliphatic rings. The molecule has 0 radical (unpaired) electrons. The Morgan fingerprint density at radius 1 is 1.45 bits per heavy atom. The van der Waals surface area contributed by atoms with E-state index < -0.39 is 10.3 Å². The summed E-state index contributed by atoms with van der Waals surface area (Å²) in [6.45, 7) is 8.51. The van der Waals surface area contributed by atoms with Gasteiger partial charge in [0, 0.05) is 17.8 Å². The first kappa shape index (κ1) is 14.8. The minimum atomic E-state index is -0.515. The number of hydrogen-bond donors (Lipinski definition) is 1. The number of hydrogen-bond acceptors (Lipinski definition) is 3. The van der Waals surface area contributed by atoms with Crippen molar-refractivity contribution in [3.63, 3.8) is 0 Å². The Bertz CT molecular complexity index is 680. The van der Waals surface area contributed by atoms with Crippen LogP contribution in [0, 0.1) is 26.9 Å². The van der Waals surface area contributed by atoms with Crippen LogP contribution in [0.1, 0.15) is 33.1 Å². The highest BCUT2D eigenvalue weighted by Gasteiger charge is 2.60. The third-order valence-electron chi connectivity index (χ3n) is 5.64. The minimum absolute atomic E-state index is 0.0156. The smallest absolute Gasteiger partial charge is 0.271 e. The van der Waals surface area contributed by atoms with Crippen molar-refractivity contribution in [2.24, 2.45) is 16.7 Å². The quantitative estimate of drug-likeness (QED) is 0.522. The monoisotopic (exact) mass is 300 g/mol. The van der Waals surface area contributed by atoms with Crippen LogP contribution in [0.4, 0.5) is 11.4 Å². The highest BCUT2D eigenvalue weighted by atomic mass is 16.6. The molecular weight excluding hydrogens is 280 g/mol. The third-order valence-corrected chi connectivity index (χ3v) is 5.64. The molecule has 1 amide bonds. The summed E-state index contributed by atoms with van der Waals surface area (Å²) in [6, 6.07) is 6.06. The number of nitro groups is 1. The van der Waals surface area contributed by atoms with E-state index in [0.29, 0.717) is 11.6 Å². The van der Waals surface area contributed by atoms with Gasteiger partial charge in [-0.2, -0.15) is 0 Å².